The molecule has 0 saturated heterocycles. The lowest BCUT2D eigenvalue weighted by molar-refractivity contribution is 0.396. The van der Waals surface area contributed by atoms with Crippen LogP contribution in [0.5, 0.6) is 11.5 Å². The summed E-state index contributed by atoms with van der Waals surface area (Å²) in [5.74, 6) is 1.56. The van der Waals surface area contributed by atoms with E-state index in [1.165, 1.54) is 0 Å². The van der Waals surface area contributed by atoms with Crippen LogP contribution in [0.15, 0.2) is 30.5 Å². The second kappa shape index (κ2) is 4.26. The number of methoxy groups -OCH3 is 2. The minimum Gasteiger partial charge on any atom is -0.496 e. The van der Waals surface area contributed by atoms with Gasteiger partial charge in [0, 0.05) is 13.2 Å². The molecule has 0 aliphatic carbocycles. The number of hydrogen-bond donors (Lipinski definition) is 0. The van der Waals surface area contributed by atoms with Gasteiger partial charge in [-0.15, -0.1) is 0 Å². The molecule has 0 atom stereocenters. The highest BCUT2D eigenvalue weighted by Crippen LogP contribution is 2.37. The van der Waals surface area contributed by atoms with E-state index in [1.807, 2.05) is 31.3 Å². The molecule has 0 spiro atoms. The van der Waals surface area contributed by atoms with Gasteiger partial charge in [-0.2, -0.15) is 5.10 Å². The molecule has 16 heavy (non-hydrogen) atoms. The van der Waals surface area contributed by atoms with E-state index in [9.17, 15) is 0 Å². The van der Waals surface area contributed by atoms with Gasteiger partial charge in [0.1, 0.15) is 11.5 Å². The van der Waals surface area contributed by atoms with Crippen molar-refractivity contribution in [2.75, 3.05) is 14.2 Å². The molecular formula is C12H14N2O2. The summed E-state index contributed by atoms with van der Waals surface area (Å²) in [6, 6.07) is 7.65. The molecule has 2 rings (SSSR count). The van der Waals surface area contributed by atoms with Gasteiger partial charge < -0.3 is 9.47 Å². The van der Waals surface area contributed by atoms with E-state index in [2.05, 4.69) is 5.10 Å². The molecule has 0 saturated carbocycles. The third-order valence-corrected chi connectivity index (χ3v) is 2.50. The van der Waals surface area contributed by atoms with E-state index in [0.717, 1.165) is 22.8 Å². The first kappa shape index (κ1) is 10.5. The highest BCUT2D eigenvalue weighted by molar-refractivity contribution is 5.74. The monoisotopic (exact) mass is 218 g/mol. The largest absolute Gasteiger partial charge is 0.496 e. The number of benzene rings is 1. The average molecular weight is 218 g/mol. The zero-order chi connectivity index (χ0) is 11.5. The number of hydrogen-bond acceptors (Lipinski definition) is 3. The molecular weight excluding hydrogens is 204 g/mol. The van der Waals surface area contributed by atoms with Gasteiger partial charge in [0.25, 0.3) is 0 Å². The third-order valence-electron chi connectivity index (χ3n) is 2.50. The lowest BCUT2D eigenvalue weighted by Gasteiger charge is -2.12. The van der Waals surface area contributed by atoms with Crippen LogP contribution in [0.1, 0.15) is 0 Å². The maximum atomic E-state index is 5.35. The summed E-state index contributed by atoms with van der Waals surface area (Å²) in [6.07, 6.45) is 1.75. The summed E-state index contributed by atoms with van der Waals surface area (Å²) in [5.41, 5.74) is 1.89. The topological polar surface area (TPSA) is 36.3 Å². The minimum atomic E-state index is 0.781. The smallest absolute Gasteiger partial charge is 0.131 e. The van der Waals surface area contributed by atoms with E-state index in [0.29, 0.717) is 0 Å². The van der Waals surface area contributed by atoms with Gasteiger partial charge in [0.2, 0.25) is 0 Å². The van der Waals surface area contributed by atoms with Gasteiger partial charge in [0.05, 0.1) is 25.5 Å². The predicted molar refractivity (Wildman–Crippen MR) is 61.7 cm³/mol. The zero-order valence-corrected chi connectivity index (χ0v) is 9.60. The minimum absolute atomic E-state index is 0.781. The second-order valence-electron chi connectivity index (χ2n) is 3.38. The van der Waals surface area contributed by atoms with E-state index in [1.54, 1.807) is 25.1 Å². The van der Waals surface area contributed by atoms with Gasteiger partial charge in [-0.1, -0.05) is 6.07 Å². The molecule has 1 aromatic heterocycles. The van der Waals surface area contributed by atoms with Gasteiger partial charge in [-0.05, 0) is 18.2 Å². The van der Waals surface area contributed by atoms with Crippen LogP contribution in [0.25, 0.3) is 11.3 Å². The Hall–Kier alpha value is -1.97. The van der Waals surface area contributed by atoms with Crippen molar-refractivity contribution in [2.45, 2.75) is 0 Å². The molecule has 1 heterocycles. The molecule has 2 aromatic rings. The molecule has 0 N–H and O–H groups in total. The van der Waals surface area contributed by atoms with Crippen LogP contribution in [0.3, 0.4) is 0 Å². The summed E-state index contributed by atoms with van der Waals surface area (Å²) in [4.78, 5) is 0. The fourth-order valence-electron chi connectivity index (χ4n) is 1.72. The van der Waals surface area contributed by atoms with Crippen molar-refractivity contribution in [3.8, 4) is 22.8 Å². The molecule has 0 aliphatic heterocycles. The molecule has 0 radical (unpaired) electrons. The number of aromatic nitrogens is 2. The Morgan fingerprint density at radius 1 is 1.06 bits per heavy atom. The van der Waals surface area contributed by atoms with E-state index < -0.39 is 0 Å². The highest BCUT2D eigenvalue weighted by Gasteiger charge is 2.14. The quantitative estimate of drug-likeness (QED) is 0.791. The van der Waals surface area contributed by atoms with Crippen molar-refractivity contribution in [3.63, 3.8) is 0 Å². The number of rotatable bonds is 3. The number of aryl methyl sites for hydroxylation is 1. The van der Waals surface area contributed by atoms with Crippen LogP contribution in [0, 0.1) is 0 Å². The summed E-state index contributed by atoms with van der Waals surface area (Å²) >= 11 is 0. The van der Waals surface area contributed by atoms with Gasteiger partial charge in [-0.25, -0.2) is 0 Å². The zero-order valence-electron chi connectivity index (χ0n) is 9.60. The summed E-state index contributed by atoms with van der Waals surface area (Å²) in [7, 11) is 5.19. The van der Waals surface area contributed by atoms with Crippen LogP contribution < -0.4 is 9.47 Å². The van der Waals surface area contributed by atoms with E-state index in [-0.39, 0.29) is 0 Å². The van der Waals surface area contributed by atoms with Crippen molar-refractivity contribution in [1.29, 1.82) is 0 Å². The Bertz CT molecular complexity index is 469. The van der Waals surface area contributed by atoms with Gasteiger partial charge >= 0.3 is 0 Å². The first-order valence-corrected chi connectivity index (χ1v) is 4.97. The molecule has 0 fully saturated rings. The fourth-order valence-corrected chi connectivity index (χ4v) is 1.72. The summed E-state index contributed by atoms with van der Waals surface area (Å²) < 4.78 is 12.5. The summed E-state index contributed by atoms with van der Waals surface area (Å²) in [6.45, 7) is 0. The molecule has 4 nitrogen and oxygen atoms in total. The van der Waals surface area contributed by atoms with E-state index >= 15 is 0 Å². The molecule has 84 valence electrons. The molecule has 0 unspecified atom stereocenters. The Labute approximate surface area is 94.4 Å². The standard InChI is InChI=1S/C12H14N2O2/c1-14-9(7-8-13-14)12-10(15-2)5-4-6-11(12)16-3/h4-8H,1-3H3. The van der Waals surface area contributed by atoms with Crippen molar-refractivity contribution in [2.24, 2.45) is 7.05 Å². The lowest BCUT2D eigenvalue weighted by Crippen LogP contribution is -1.98. The van der Waals surface area contributed by atoms with Crippen molar-refractivity contribution < 1.29 is 9.47 Å². The Morgan fingerprint density at radius 2 is 1.69 bits per heavy atom. The van der Waals surface area contributed by atoms with Crippen molar-refractivity contribution >= 4 is 0 Å². The predicted octanol–water partition coefficient (Wildman–Crippen LogP) is 2.10. The molecule has 1 aromatic carbocycles. The number of nitrogens with zero attached hydrogens (tertiary/aromatic N) is 2. The van der Waals surface area contributed by atoms with Crippen LogP contribution in [0.4, 0.5) is 0 Å². The van der Waals surface area contributed by atoms with Gasteiger partial charge in [-0.3, -0.25) is 4.68 Å². The summed E-state index contributed by atoms with van der Waals surface area (Å²) in [5, 5.41) is 4.15. The highest BCUT2D eigenvalue weighted by atomic mass is 16.5. The third kappa shape index (κ3) is 1.62. The SMILES string of the molecule is COc1cccc(OC)c1-c1ccnn1C. The molecule has 0 aliphatic rings. The second-order valence-corrected chi connectivity index (χ2v) is 3.38. The maximum absolute atomic E-state index is 5.35. The van der Waals surface area contributed by atoms with Crippen molar-refractivity contribution in [3.05, 3.63) is 30.5 Å². The average Bonchev–Trinajstić information content (AvgIpc) is 2.74. The van der Waals surface area contributed by atoms with Crippen LogP contribution in [-0.4, -0.2) is 24.0 Å². The van der Waals surface area contributed by atoms with Crippen LogP contribution in [-0.2, 0) is 7.05 Å². The fraction of sp³-hybridized carbons (Fsp3) is 0.250. The molecule has 0 bridgehead atoms. The number of ether oxygens (including phenoxy) is 2. The van der Waals surface area contributed by atoms with Crippen LogP contribution >= 0.6 is 0 Å². The van der Waals surface area contributed by atoms with E-state index in [4.69, 9.17) is 9.47 Å². The first-order chi connectivity index (χ1) is 7.77. The molecule has 4 heteroatoms. The Morgan fingerprint density at radius 3 is 2.12 bits per heavy atom. The Balaban J connectivity index is 2.66. The lowest BCUT2D eigenvalue weighted by atomic mass is 10.1. The Kier molecular flexibility index (Phi) is 2.81. The van der Waals surface area contributed by atoms with Gasteiger partial charge in [0.15, 0.2) is 0 Å². The van der Waals surface area contributed by atoms with Crippen molar-refractivity contribution in [1.82, 2.24) is 9.78 Å². The normalized spacial score (nSPS) is 10.2. The van der Waals surface area contributed by atoms with Crippen LogP contribution in [0.2, 0.25) is 0 Å². The molecule has 0 amide bonds. The maximum Gasteiger partial charge on any atom is 0.131 e. The first-order valence-electron chi connectivity index (χ1n) is 4.97.